The van der Waals surface area contributed by atoms with Gasteiger partial charge in [-0.25, -0.2) is 0 Å². The minimum Gasteiger partial charge on any atom is -0.481 e. The van der Waals surface area contributed by atoms with Gasteiger partial charge in [0.25, 0.3) is 0 Å². The maximum absolute atomic E-state index is 10.3. The van der Waals surface area contributed by atoms with Gasteiger partial charge in [0.1, 0.15) is 0 Å². The summed E-state index contributed by atoms with van der Waals surface area (Å²) >= 11 is 0. The fourth-order valence-corrected chi connectivity index (χ4v) is 2.65. The fraction of sp³-hybridized carbons (Fsp3) is 0.952. The maximum atomic E-state index is 10.3. The predicted molar refractivity (Wildman–Crippen MR) is 108 cm³/mol. The third-order valence-electron chi connectivity index (χ3n) is 4.34. The molecule has 0 radical (unpaired) electrons. The predicted octanol–water partition coefficient (Wildman–Crippen LogP) is 5.66. The fourth-order valence-electron chi connectivity index (χ4n) is 2.65. The lowest BCUT2D eigenvalue weighted by molar-refractivity contribution is -0.137. The summed E-state index contributed by atoms with van der Waals surface area (Å²) in [5.74, 6) is -0.653. The van der Waals surface area contributed by atoms with Crippen LogP contribution in [0, 0.1) is 0 Å². The van der Waals surface area contributed by atoms with Gasteiger partial charge in [0.2, 0.25) is 0 Å². The second-order valence-corrected chi connectivity index (χ2v) is 7.18. The average Bonchev–Trinajstić information content (AvgIpc) is 2.58. The summed E-state index contributed by atoms with van der Waals surface area (Å²) in [5.41, 5.74) is 4.92. The number of hydrogen-bond donors (Lipinski definition) is 3. The number of unbranched alkanes of at least 4 members (excludes halogenated alkanes) is 14. The first-order chi connectivity index (χ1) is 12.0. The van der Waals surface area contributed by atoms with Crippen molar-refractivity contribution in [2.24, 2.45) is 5.73 Å². The average molecular weight is 360 g/mol. The molecule has 0 aliphatic heterocycles. The first-order valence-electron chi connectivity index (χ1n) is 10.6. The number of aliphatic carboxylic acids is 1. The molecule has 4 N–H and O–H groups in total. The molecular formula is C21H45NO3. The highest BCUT2D eigenvalue weighted by Crippen LogP contribution is 2.13. The van der Waals surface area contributed by atoms with Crippen LogP contribution < -0.4 is 5.73 Å². The standard InChI is InChI=1S/C18H36O2.C3H9NO/c1-2-3-4-5-6-7-8-9-10-11-12-13-14-15-16-17-18(19)20;1-3(5)2-4/h2-17H2,1H3,(H,19,20);3,5H,2,4H2,1H3. The summed E-state index contributed by atoms with van der Waals surface area (Å²) in [5, 5.41) is 16.8. The Hall–Kier alpha value is -0.610. The molecule has 1 unspecified atom stereocenters. The van der Waals surface area contributed by atoms with Crippen molar-refractivity contribution in [2.75, 3.05) is 6.54 Å². The van der Waals surface area contributed by atoms with Crippen LogP contribution in [0.4, 0.5) is 0 Å². The third-order valence-corrected chi connectivity index (χ3v) is 4.34. The van der Waals surface area contributed by atoms with Crippen molar-refractivity contribution in [1.82, 2.24) is 0 Å². The van der Waals surface area contributed by atoms with Crippen molar-refractivity contribution in [3.05, 3.63) is 0 Å². The van der Waals surface area contributed by atoms with Gasteiger partial charge < -0.3 is 15.9 Å². The normalized spacial score (nSPS) is 11.7. The SMILES string of the molecule is CC(O)CN.CCCCCCCCCCCCCCCCCC(=O)O. The molecule has 0 saturated carbocycles. The van der Waals surface area contributed by atoms with Crippen LogP contribution in [-0.2, 0) is 4.79 Å². The van der Waals surface area contributed by atoms with E-state index in [-0.39, 0.29) is 6.10 Å². The Morgan fingerprint density at radius 2 is 1.04 bits per heavy atom. The van der Waals surface area contributed by atoms with Crippen LogP contribution in [0.3, 0.4) is 0 Å². The first kappa shape index (κ1) is 26.6. The van der Waals surface area contributed by atoms with Crippen LogP contribution in [0.2, 0.25) is 0 Å². The highest BCUT2D eigenvalue weighted by atomic mass is 16.4. The van der Waals surface area contributed by atoms with Crippen molar-refractivity contribution < 1.29 is 15.0 Å². The van der Waals surface area contributed by atoms with Crippen molar-refractivity contribution in [3.63, 3.8) is 0 Å². The Morgan fingerprint density at radius 3 is 1.28 bits per heavy atom. The molecule has 4 heteroatoms. The number of carboxylic acids is 1. The van der Waals surface area contributed by atoms with Crippen molar-refractivity contribution in [2.45, 2.75) is 123 Å². The largest absolute Gasteiger partial charge is 0.481 e. The van der Waals surface area contributed by atoms with Crippen LogP contribution in [0.1, 0.15) is 117 Å². The number of carbonyl (C=O) groups is 1. The first-order valence-corrected chi connectivity index (χ1v) is 10.6. The summed E-state index contributed by atoms with van der Waals surface area (Å²) in [6.45, 7) is 4.28. The van der Waals surface area contributed by atoms with E-state index in [4.69, 9.17) is 15.9 Å². The smallest absolute Gasteiger partial charge is 0.303 e. The van der Waals surface area contributed by atoms with Crippen molar-refractivity contribution in [3.8, 4) is 0 Å². The molecule has 0 saturated heterocycles. The van der Waals surface area contributed by atoms with Crippen LogP contribution in [-0.4, -0.2) is 28.8 Å². The van der Waals surface area contributed by atoms with Crippen LogP contribution >= 0.6 is 0 Å². The number of rotatable bonds is 17. The summed E-state index contributed by atoms with van der Waals surface area (Å²) in [6, 6.07) is 0. The van der Waals surface area contributed by atoms with E-state index in [0.717, 1.165) is 12.8 Å². The van der Waals surface area contributed by atoms with Gasteiger partial charge in [0.15, 0.2) is 0 Å². The van der Waals surface area contributed by atoms with Gasteiger partial charge in [0, 0.05) is 13.0 Å². The topological polar surface area (TPSA) is 83.5 Å². The van der Waals surface area contributed by atoms with Crippen molar-refractivity contribution in [1.29, 1.82) is 0 Å². The van der Waals surface area contributed by atoms with Gasteiger partial charge in [-0.3, -0.25) is 4.79 Å². The van der Waals surface area contributed by atoms with E-state index in [1.165, 1.54) is 83.5 Å². The maximum Gasteiger partial charge on any atom is 0.303 e. The molecule has 0 aliphatic carbocycles. The number of hydrogen-bond acceptors (Lipinski definition) is 3. The zero-order valence-electron chi connectivity index (χ0n) is 17.0. The molecule has 0 bridgehead atoms. The molecule has 0 aromatic rings. The molecular weight excluding hydrogens is 314 g/mol. The summed E-state index contributed by atoms with van der Waals surface area (Å²) < 4.78 is 0. The van der Waals surface area contributed by atoms with Gasteiger partial charge in [-0.1, -0.05) is 96.8 Å². The van der Waals surface area contributed by atoms with E-state index in [1.54, 1.807) is 6.92 Å². The Labute approximate surface area is 156 Å². The Balaban J connectivity index is 0. The highest BCUT2D eigenvalue weighted by Gasteiger charge is 1.97. The Kier molecular flexibility index (Phi) is 24.9. The Morgan fingerprint density at radius 1 is 0.760 bits per heavy atom. The van der Waals surface area contributed by atoms with E-state index in [0.29, 0.717) is 13.0 Å². The van der Waals surface area contributed by atoms with Gasteiger partial charge in [-0.05, 0) is 13.3 Å². The molecule has 0 aromatic carbocycles. The van der Waals surface area contributed by atoms with E-state index in [9.17, 15) is 4.79 Å². The highest BCUT2D eigenvalue weighted by molar-refractivity contribution is 5.66. The van der Waals surface area contributed by atoms with Crippen LogP contribution in [0.25, 0.3) is 0 Å². The summed E-state index contributed by atoms with van der Waals surface area (Å²) in [6.07, 6.45) is 19.9. The zero-order chi connectivity index (χ0) is 19.2. The molecule has 0 rings (SSSR count). The van der Waals surface area contributed by atoms with Gasteiger partial charge in [-0.2, -0.15) is 0 Å². The molecule has 0 fully saturated rings. The molecule has 0 aromatic heterocycles. The molecule has 0 aliphatic rings. The molecule has 0 heterocycles. The lowest BCUT2D eigenvalue weighted by Crippen LogP contribution is -2.14. The quantitative estimate of drug-likeness (QED) is 0.293. The lowest BCUT2D eigenvalue weighted by atomic mass is 10.0. The molecule has 1 atom stereocenters. The molecule has 0 amide bonds. The second-order valence-electron chi connectivity index (χ2n) is 7.18. The van der Waals surface area contributed by atoms with E-state index < -0.39 is 5.97 Å². The molecule has 0 spiro atoms. The number of nitrogens with two attached hydrogens (primary N) is 1. The van der Waals surface area contributed by atoms with Gasteiger partial charge >= 0.3 is 5.97 Å². The number of aliphatic hydroxyl groups excluding tert-OH is 1. The molecule has 4 nitrogen and oxygen atoms in total. The lowest BCUT2D eigenvalue weighted by Gasteiger charge is -2.03. The zero-order valence-corrected chi connectivity index (χ0v) is 17.0. The van der Waals surface area contributed by atoms with Crippen LogP contribution in [0.5, 0.6) is 0 Å². The molecule has 25 heavy (non-hydrogen) atoms. The van der Waals surface area contributed by atoms with Gasteiger partial charge in [0.05, 0.1) is 6.10 Å². The molecule has 152 valence electrons. The minimum atomic E-state index is -0.653. The summed E-state index contributed by atoms with van der Waals surface area (Å²) in [4.78, 5) is 10.3. The number of aliphatic hydroxyl groups is 1. The monoisotopic (exact) mass is 359 g/mol. The summed E-state index contributed by atoms with van der Waals surface area (Å²) in [7, 11) is 0. The third kappa shape index (κ3) is 31.6. The number of carboxylic acid groups (broad SMARTS) is 1. The van der Waals surface area contributed by atoms with E-state index in [2.05, 4.69) is 6.92 Å². The minimum absolute atomic E-state index is 0.338. The van der Waals surface area contributed by atoms with Gasteiger partial charge in [-0.15, -0.1) is 0 Å². The second kappa shape index (κ2) is 23.4. The Bertz CT molecular complexity index is 258. The van der Waals surface area contributed by atoms with Crippen molar-refractivity contribution >= 4 is 5.97 Å². The van der Waals surface area contributed by atoms with E-state index >= 15 is 0 Å². The van der Waals surface area contributed by atoms with Crippen LogP contribution in [0.15, 0.2) is 0 Å². The van der Waals surface area contributed by atoms with E-state index in [1.807, 2.05) is 0 Å².